The molecule has 0 fully saturated rings. The summed E-state index contributed by atoms with van der Waals surface area (Å²) in [5, 5.41) is 6.05. The predicted molar refractivity (Wildman–Crippen MR) is 84.7 cm³/mol. The van der Waals surface area contributed by atoms with Crippen molar-refractivity contribution in [3.63, 3.8) is 0 Å². The van der Waals surface area contributed by atoms with Crippen molar-refractivity contribution in [2.75, 3.05) is 17.2 Å². The Morgan fingerprint density at radius 3 is 2.71 bits per heavy atom. The second-order valence-corrected chi connectivity index (χ2v) is 5.01. The lowest BCUT2D eigenvalue weighted by atomic mass is 10.2. The molecule has 0 saturated heterocycles. The molecule has 2 aromatic heterocycles. The highest BCUT2D eigenvalue weighted by atomic mass is 16.1. The van der Waals surface area contributed by atoms with Crippen LogP contribution >= 0.6 is 0 Å². The number of carbonyl (C=O) groups excluding carboxylic acids is 1. The smallest absolute Gasteiger partial charge is 0.255 e. The monoisotopic (exact) mass is 284 g/mol. The third kappa shape index (κ3) is 4.27. The number of carbonyl (C=O) groups is 1. The van der Waals surface area contributed by atoms with E-state index in [2.05, 4.69) is 27.5 Å². The Balaban J connectivity index is 2.16. The molecule has 0 saturated carbocycles. The maximum absolute atomic E-state index is 12.3. The number of anilines is 2. The van der Waals surface area contributed by atoms with Crippen LogP contribution < -0.4 is 10.6 Å². The van der Waals surface area contributed by atoms with E-state index in [0.29, 0.717) is 11.3 Å². The fourth-order valence-electron chi connectivity index (χ4n) is 1.97. The lowest BCUT2D eigenvalue weighted by Crippen LogP contribution is -2.14. The highest BCUT2D eigenvalue weighted by Gasteiger charge is 2.09. The zero-order valence-electron chi connectivity index (χ0n) is 12.6. The number of amides is 1. The zero-order chi connectivity index (χ0) is 15.2. The number of hydrogen-bond donors (Lipinski definition) is 2. The summed E-state index contributed by atoms with van der Waals surface area (Å²) in [7, 11) is 0. The quantitative estimate of drug-likeness (QED) is 0.885. The van der Waals surface area contributed by atoms with Crippen LogP contribution in [-0.2, 0) is 0 Å². The second kappa shape index (κ2) is 6.83. The molecular formula is C16H20N4O. The molecule has 0 unspecified atom stereocenters. The van der Waals surface area contributed by atoms with Gasteiger partial charge in [-0.3, -0.25) is 9.78 Å². The van der Waals surface area contributed by atoms with Crippen LogP contribution in [0.3, 0.4) is 0 Å². The third-order valence-electron chi connectivity index (χ3n) is 2.90. The molecule has 0 radical (unpaired) electrons. The minimum absolute atomic E-state index is 0.160. The molecule has 5 heteroatoms. The number of hydrogen-bond acceptors (Lipinski definition) is 4. The first kappa shape index (κ1) is 15.0. The van der Waals surface area contributed by atoms with Crippen LogP contribution in [0.25, 0.3) is 0 Å². The van der Waals surface area contributed by atoms with Crippen molar-refractivity contribution < 1.29 is 4.79 Å². The van der Waals surface area contributed by atoms with Crippen LogP contribution in [0.2, 0.25) is 0 Å². The number of rotatable bonds is 5. The molecule has 0 aliphatic rings. The lowest BCUT2D eigenvalue weighted by molar-refractivity contribution is 0.102. The van der Waals surface area contributed by atoms with E-state index in [1.807, 2.05) is 19.9 Å². The maximum Gasteiger partial charge on any atom is 0.255 e. The first-order chi connectivity index (χ1) is 10.1. The molecule has 0 aliphatic heterocycles. The van der Waals surface area contributed by atoms with E-state index in [1.165, 1.54) is 0 Å². The van der Waals surface area contributed by atoms with Crippen molar-refractivity contribution >= 4 is 17.4 Å². The van der Waals surface area contributed by atoms with Gasteiger partial charge in [0.25, 0.3) is 5.91 Å². The largest absolute Gasteiger partial charge is 0.370 e. The Morgan fingerprint density at radius 1 is 1.19 bits per heavy atom. The maximum atomic E-state index is 12.3. The van der Waals surface area contributed by atoms with Gasteiger partial charge in [0.2, 0.25) is 0 Å². The van der Waals surface area contributed by atoms with E-state index in [1.54, 1.807) is 24.5 Å². The molecule has 0 bridgehead atoms. The molecule has 2 heterocycles. The van der Waals surface area contributed by atoms with Gasteiger partial charge in [0, 0.05) is 24.0 Å². The third-order valence-corrected chi connectivity index (χ3v) is 2.90. The molecule has 2 N–H and O–H groups in total. The molecule has 0 aliphatic carbocycles. The fraction of sp³-hybridized carbons (Fsp3) is 0.312. The van der Waals surface area contributed by atoms with Gasteiger partial charge in [0.1, 0.15) is 5.82 Å². The molecule has 110 valence electrons. The number of pyridine rings is 2. The number of aromatic nitrogens is 2. The average Bonchev–Trinajstić information content (AvgIpc) is 2.44. The van der Waals surface area contributed by atoms with Crippen LogP contribution in [0.5, 0.6) is 0 Å². The number of nitrogens with zero attached hydrogens (tertiary/aromatic N) is 2. The Morgan fingerprint density at radius 2 is 2.00 bits per heavy atom. The average molecular weight is 284 g/mol. The normalized spacial score (nSPS) is 10.2. The van der Waals surface area contributed by atoms with Crippen LogP contribution in [-0.4, -0.2) is 22.4 Å². The van der Waals surface area contributed by atoms with E-state index in [-0.39, 0.29) is 5.91 Å². The SMILES string of the molecule is CCCNc1cc(C(=O)Nc2cncc(C)c2)cc(C)n1. The lowest BCUT2D eigenvalue weighted by Gasteiger charge is -2.09. The van der Waals surface area contributed by atoms with Crippen molar-refractivity contribution in [3.8, 4) is 0 Å². The van der Waals surface area contributed by atoms with Gasteiger partial charge in [-0.15, -0.1) is 0 Å². The summed E-state index contributed by atoms with van der Waals surface area (Å²) < 4.78 is 0. The molecule has 2 rings (SSSR count). The van der Waals surface area contributed by atoms with Gasteiger partial charge < -0.3 is 10.6 Å². The fourth-order valence-corrected chi connectivity index (χ4v) is 1.97. The molecule has 5 nitrogen and oxygen atoms in total. The minimum Gasteiger partial charge on any atom is -0.370 e. The Labute approximate surface area is 124 Å². The molecule has 1 amide bonds. The van der Waals surface area contributed by atoms with Gasteiger partial charge in [-0.05, 0) is 44.0 Å². The topological polar surface area (TPSA) is 66.9 Å². The van der Waals surface area contributed by atoms with Gasteiger partial charge in [-0.25, -0.2) is 4.98 Å². The molecule has 21 heavy (non-hydrogen) atoms. The summed E-state index contributed by atoms with van der Waals surface area (Å²) >= 11 is 0. The Bertz CT molecular complexity index is 640. The van der Waals surface area contributed by atoms with Gasteiger partial charge >= 0.3 is 0 Å². The van der Waals surface area contributed by atoms with Gasteiger partial charge in [0.15, 0.2) is 0 Å². The van der Waals surface area contributed by atoms with Crippen LogP contribution in [0, 0.1) is 13.8 Å². The summed E-state index contributed by atoms with van der Waals surface area (Å²) in [5.74, 6) is 0.566. The molecule has 0 aromatic carbocycles. The van der Waals surface area contributed by atoms with Crippen LogP contribution in [0.4, 0.5) is 11.5 Å². The number of nitrogens with one attached hydrogen (secondary N) is 2. The van der Waals surface area contributed by atoms with Crippen molar-refractivity contribution in [1.29, 1.82) is 0 Å². The Kier molecular flexibility index (Phi) is 4.87. The Hall–Kier alpha value is -2.43. The second-order valence-electron chi connectivity index (χ2n) is 5.01. The van der Waals surface area contributed by atoms with E-state index >= 15 is 0 Å². The van der Waals surface area contributed by atoms with Crippen molar-refractivity contribution in [2.45, 2.75) is 27.2 Å². The summed E-state index contributed by atoms with van der Waals surface area (Å²) in [6.45, 7) is 6.73. The van der Waals surface area contributed by atoms with Gasteiger partial charge in [0.05, 0.1) is 11.9 Å². The van der Waals surface area contributed by atoms with Crippen molar-refractivity contribution in [1.82, 2.24) is 9.97 Å². The van der Waals surface area contributed by atoms with Gasteiger partial charge in [-0.1, -0.05) is 6.92 Å². The molecule has 2 aromatic rings. The highest BCUT2D eigenvalue weighted by molar-refractivity contribution is 6.04. The summed E-state index contributed by atoms with van der Waals surface area (Å²) in [4.78, 5) is 20.7. The van der Waals surface area contributed by atoms with Crippen LogP contribution in [0.15, 0.2) is 30.6 Å². The van der Waals surface area contributed by atoms with E-state index in [9.17, 15) is 4.79 Å². The zero-order valence-corrected chi connectivity index (χ0v) is 12.6. The van der Waals surface area contributed by atoms with E-state index in [4.69, 9.17) is 0 Å². The first-order valence-corrected chi connectivity index (χ1v) is 7.04. The minimum atomic E-state index is -0.160. The standard InChI is InChI=1S/C16H20N4O/c1-4-5-18-15-8-13(7-12(3)19-15)16(21)20-14-6-11(2)9-17-10-14/h6-10H,4-5H2,1-3H3,(H,18,19)(H,20,21). The predicted octanol–water partition coefficient (Wildman–Crippen LogP) is 3.17. The van der Waals surface area contributed by atoms with Gasteiger partial charge in [-0.2, -0.15) is 0 Å². The van der Waals surface area contributed by atoms with E-state index in [0.717, 1.165) is 30.0 Å². The molecular weight excluding hydrogens is 264 g/mol. The highest BCUT2D eigenvalue weighted by Crippen LogP contribution is 2.14. The van der Waals surface area contributed by atoms with Crippen LogP contribution in [0.1, 0.15) is 35.0 Å². The molecule has 0 spiro atoms. The van der Waals surface area contributed by atoms with E-state index < -0.39 is 0 Å². The summed E-state index contributed by atoms with van der Waals surface area (Å²) in [6.07, 6.45) is 4.39. The van der Waals surface area contributed by atoms with Crippen molar-refractivity contribution in [2.24, 2.45) is 0 Å². The van der Waals surface area contributed by atoms with Crippen molar-refractivity contribution in [3.05, 3.63) is 47.4 Å². The summed E-state index contributed by atoms with van der Waals surface area (Å²) in [6, 6.07) is 5.42. The first-order valence-electron chi connectivity index (χ1n) is 7.04. The summed E-state index contributed by atoms with van der Waals surface area (Å²) in [5.41, 5.74) is 3.09. The molecule has 0 atom stereocenters. The number of aryl methyl sites for hydroxylation is 2.